The molecule has 0 heterocycles. The van der Waals surface area contributed by atoms with E-state index in [0.717, 1.165) is 16.9 Å². The molecule has 0 aromatic heterocycles. The zero-order valence-corrected chi connectivity index (χ0v) is 14.2. The maximum absolute atomic E-state index is 12.3. The van der Waals surface area contributed by atoms with Gasteiger partial charge in [-0.15, -0.1) is 0 Å². The van der Waals surface area contributed by atoms with Crippen LogP contribution in [0.15, 0.2) is 48.5 Å². The van der Waals surface area contributed by atoms with E-state index in [0.29, 0.717) is 18.5 Å². The Bertz CT molecular complexity index is 694. The van der Waals surface area contributed by atoms with Gasteiger partial charge in [0.2, 0.25) is 5.91 Å². The van der Waals surface area contributed by atoms with Gasteiger partial charge < -0.3 is 15.0 Å². The normalized spacial score (nSPS) is 10.1. The van der Waals surface area contributed by atoms with Crippen LogP contribution in [0.4, 0.5) is 0 Å². The molecule has 0 bridgehead atoms. The molecule has 2 aromatic carbocycles. The molecule has 24 heavy (non-hydrogen) atoms. The van der Waals surface area contributed by atoms with Gasteiger partial charge in [0, 0.05) is 26.2 Å². The Morgan fingerprint density at radius 2 is 1.58 bits per heavy atom. The first kappa shape index (κ1) is 17.5. The topological polar surface area (TPSA) is 58.6 Å². The van der Waals surface area contributed by atoms with Gasteiger partial charge >= 0.3 is 0 Å². The highest BCUT2D eigenvalue weighted by molar-refractivity contribution is 5.93. The van der Waals surface area contributed by atoms with E-state index in [1.165, 1.54) is 0 Å². The van der Waals surface area contributed by atoms with Crippen molar-refractivity contribution in [2.24, 2.45) is 0 Å². The number of nitrogens with one attached hydrogen (secondary N) is 1. The summed E-state index contributed by atoms with van der Waals surface area (Å²) in [4.78, 5) is 25.5. The predicted molar refractivity (Wildman–Crippen MR) is 93.0 cm³/mol. The Balaban J connectivity index is 1.94. The second-order valence-corrected chi connectivity index (χ2v) is 5.55. The fourth-order valence-corrected chi connectivity index (χ4v) is 2.32. The first-order chi connectivity index (χ1) is 11.5. The molecule has 2 rings (SSSR count). The highest BCUT2D eigenvalue weighted by Gasteiger charge is 2.11. The van der Waals surface area contributed by atoms with Crippen LogP contribution in [0.25, 0.3) is 0 Å². The van der Waals surface area contributed by atoms with Crippen molar-refractivity contribution in [2.45, 2.75) is 13.0 Å². The zero-order valence-electron chi connectivity index (χ0n) is 14.2. The third kappa shape index (κ3) is 4.59. The van der Waals surface area contributed by atoms with Gasteiger partial charge in [0.05, 0.1) is 13.5 Å². The summed E-state index contributed by atoms with van der Waals surface area (Å²) >= 11 is 0. The average molecular weight is 326 g/mol. The number of nitrogens with zero attached hydrogens (tertiary/aromatic N) is 1. The molecule has 1 N–H and O–H groups in total. The number of hydrogen-bond donors (Lipinski definition) is 1. The van der Waals surface area contributed by atoms with E-state index in [4.69, 9.17) is 4.74 Å². The molecule has 126 valence electrons. The second kappa shape index (κ2) is 8.15. The summed E-state index contributed by atoms with van der Waals surface area (Å²) in [6, 6.07) is 14.7. The molecule has 0 saturated carbocycles. The molecule has 0 spiro atoms. The second-order valence-electron chi connectivity index (χ2n) is 5.55. The van der Waals surface area contributed by atoms with Crippen LogP contribution in [0.5, 0.6) is 5.75 Å². The van der Waals surface area contributed by atoms with Crippen molar-refractivity contribution in [1.82, 2.24) is 10.2 Å². The van der Waals surface area contributed by atoms with Gasteiger partial charge in [-0.25, -0.2) is 0 Å². The molecule has 0 atom stereocenters. The minimum Gasteiger partial charge on any atom is -0.497 e. The number of benzene rings is 2. The quantitative estimate of drug-likeness (QED) is 0.886. The van der Waals surface area contributed by atoms with Gasteiger partial charge in [0.1, 0.15) is 5.75 Å². The molecule has 5 heteroatoms. The number of likely N-dealkylation sites (N-methyl/N-ethyl adjacent to an activating group) is 1. The number of rotatable bonds is 6. The van der Waals surface area contributed by atoms with E-state index in [-0.39, 0.29) is 11.8 Å². The van der Waals surface area contributed by atoms with E-state index < -0.39 is 0 Å². The molecular weight excluding hydrogens is 304 g/mol. The molecule has 2 aromatic rings. The minimum absolute atomic E-state index is 0.0375. The van der Waals surface area contributed by atoms with Crippen LogP contribution < -0.4 is 10.1 Å². The monoisotopic (exact) mass is 326 g/mol. The summed E-state index contributed by atoms with van der Waals surface area (Å²) in [5.74, 6) is 0.691. The van der Waals surface area contributed by atoms with Crippen LogP contribution >= 0.6 is 0 Å². The summed E-state index contributed by atoms with van der Waals surface area (Å²) in [7, 11) is 4.99. The van der Waals surface area contributed by atoms with Crippen molar-refractivity contribution in [1.29, 1.82) is 0 Å². The minimum atomic E-state index is -0.120. The molecule has 0 radical (unpaired) electrons. The van der Waals surface area contributed by atoms with Crippen LogP contribution in [-0.4, -0.2) is 37.9 Å². The van der Waals surface area contributed by atoms with E-state index in [1.807, 2.05) is 36.4 Å². The van der Waals surface area contributed by atoms with Crippen LogP contribution in [0.1, 0.15) is 21.5 Å². The number of carbonyl (C=O) groups excluding carboxylic acids is 2. The summed E-state index contributed by atoms with van der Waals surface area (Å²) in [5, 5.41) is 2.58. The number of hydrogen-bond acceptors (Lipinski definition) is 3. The van der Waals surface area contributed by atoms with Crippen molar-refractivity contribution >= 4 is 11.8 Å². The summed E-state index contributed by atoms with van der Waals surface area (Å²) in [5.41, 5.74) is 2.53. The van der Waals surface area contributed by atoms with Crippen molar-refractivity contribution in [3.8, 4) is 5.75 Å². The SMILES string of the molecule is CNC(=O)c1ccc(CN(C)C(=O)Cc2ccc(OC)cc2)cc1. The first-order valence-corrected chi connectivity index (χ1v) is 7.71. The predicted octanol–water partition coefficient (Wildman–Crippen LogP) is 2.26. The lowest BCUT2D eigenvalue weighted by atomic mass is 10.1. The van der Waals surface area contributed by atoms with Crippen molar-refractivity contribution in [3.05, 3.63) is 65.2 Å². The number of carbonyl (C=O) groups is 2. The Morgan fingerprint density at radius 3 is 2.12 bits per heavy atom. The molecule has 0 aliphatic carbocycles. The molecule has 2 amide bonds. The largest absolute Gasteiger partial charge is 0.497 e. The van der Waals surface area contributed by atoms with E-state index in [9.17, 15) is 9.59 Å². The summed E-state index contributed by atoms with van der Waals surface area (Å²) < 4.78 is 5.11. The average Bonchev–Trinajstić information content (AvgIpc) is 2.62. The Morgan fingerprint density at radius 1 is 1.00 bits per heavy atom. The van der Waals surface area contributed by atoms with Gasteiger partial charge in [-0.05, 0) is 35.4 Å². The van der Waals surface area contributed by atoms with E-state index in [2.05, 4.69) is 5.32 Å². The molecule has 0 unspecified atom stereocenters. The van der Waals surface area contributed by atoms with Gasteiger partial charge in [-0.2, -0.15) is 0 Å². The van der Waals surface area contributed by atoms with Crippen LogP contribution in [-0.2, 0) is 17.8 Å². The number of ether oxygens (including phenoxy) is 1. The fourth-order valence-electron chi connectivity index (χ4n) is 2.32. The van der Waals surface area contributed by atoms with E-state index in [1.54, 1.807) is 38.2 Å². The molecule has 0 fully saturated rings. The zero-order chi connectivity index (χ0) is 17.5. The van der Waals surface area contributed by atoms with Crippen LogP contribution in [0, 0.1) is 0 Å². The lowest BCUT2D eigenvalue weighted by Gasteiger charge is -2.17. The van der Waals surface area contributed by atoms with Gasteiger partial charge in [-0.1, -0.05) is 24.3 Å². The van der Waals surface area contributed by atoms with Crippen LogP contribution in [0.3, 0.4) is 0 Å². The van der Waals surface area contributed by atoms with Gasteiger partial charge in [-0.3, -0.25) is 9.59 Å². The molecule has 5 nitrogen and oxygen atoms in total. The smallest absolute Gasteiger partial charge is 0.251 e. The maximum atomic E-state index is 12.3. The van der Waals surface area contributed by atoms with Gasteiger partial charge in [0.15, 0.2) is 0 Å². The first-order valence-electron chi connectivity index (χ1n) is 7.71. The summed E-state index contributed by atoms with van der Waals surface area (Å²) in [6.45, 7) is 0.503. The Kier molecular flexibility index (Phi) is 5.95. The van der Waals surface area contributed by atoms with Gasteiger partial charge in [0.25, 0.3) is 5.91 Å². The standard InChI is InChI=1S/C19H22N2O3/c1-20-19(23)16-8-4-15(5-9-16)13-21(2)18(22)12-14-6-10-17(24-3)11-7-14/h4-11H,12-13H2,1-3H3,(H,20,23). The molecule has 0 aliphatic heterocycles. The number of amides is 2. The maximum Gasteiger partial charge on any atom is 0.251 e. The van der Waals surface area contributed by atoms with Crippen molar-refractivity contribution < 1.29 is 14.3 Å². The van der Waals surface area contributed by atoms with Crippen LogP contribution in [0.2, 0.25) is 0 Å². The van der Waals surface area contributed by atoms with Crippen molar-refractivity contribution in [2.75, 3.05) is 21.2 Å². The molecule has 0 aliphatic rings. The summed E-state index contributed by atoms with van der Waals surface area (Å²) in [6.07, 6.45) is 0.344. The highest BCUT2D eigenvalue weighted by atomic mass is 16.5. The third-order valence-electron chi connectivity index (χ3n) is 3.80. The highest BCUT2D eigenvalue weighted by Crippen LogP contribution is 2.13. The molecule has 0 saturated heterocycles. The Hall–Kier alpha value is -2.82. The Labute approximate surface area is 142 Å². The van der Waals surface area contributed by atoms with Crippen molar-refractivity contribution in [3.63, 3.8) is 0 Å². The third-order valence-corrected chi connectivity index (χ3v) is 3.80. The fraction of sp³-hybridized carbons (Fsp3) is 0.263. The van der Waals surface area contributed by atoms with E-state index >= 15 is 0 Å². The number of methoxy groups -OCH3 is 1. The lowest BCUT2D eigenvalue weighted by molar-refractivity contribution is -0.129. The lowest BCUT2D eigenvalue weighted by Crippen LogP contribution is -2.27. The molecular formula is C19H22N2O3.